The maximum Gasteiger partial charge on any atom is 0.472 e. The Morgan fingerprint density at radius 1 is 0.596 bits per heavy atom. The van der Waals surface area contributed by atoms with Crippen LogP contribution in [0.15, 0.2) is 72.9 Å². The average molecular weight is 819 g/mol. The Bertz CT molecular complexity index is 1120. The van der Waals surface area contributed by atoms with Gasteiger partial charge < -0.3 is 21.1 Å². The Morgan fingerprint density at radius 2 is 1.04 bits per heavy atom. The number of nitrogens with two attached hydrogens (primary N) is 1. The number of carbonyl (C=O) groups is 1. The average Bonchev–Trinajstić information content (AvgIpc) is 3.20. The van der Waals surface area contributed by atoms with Gasteiger partial charge in [-0.1, -0.05) is 189 Å². The number of phosphoric acid groups is 1. The number of hydrogen-bond acceptors (Lipinski definition) is 6. The highest BCUT2D eigenvalue weighted by atomic mass is 31.2. The van der Waals surface area contributed by atoms with Crippen molar-refractivity contribution in [2.75, 3.05) is 19.8 Å². The first-order valence-electron chi connectivity index (χ1n) is 23.1. The second-order valence-electron chi connectivity index (χ2n) is 15.2. The first-order chi connectivity index (χ1) is 27.9. The largest absolute Gasteiger partial charge is 0.472 e. The maximum atomic E-state index is 12.8. The van der Waals surface area contributed by atoms with E-state index in [1.54, 1.807) is 6.08 Å². The third-order valence-electron chi connectivity index (χ3n) is 9.77. The molecule has 3 unspecified atom stereocenters. The van der Waals surface area contributed by atoms with E-state index in [0.29, 0.717) is 6.42 Å². The van der Waals surface area contributed by atoms with E-state index in [4.69, 9.17) is 14.8 Å². The minimum absolute atomic E-state index is 0.0680. The van der Waals surface area contributed by atoms with Crippen LogP contribution < -0.4 is 11.1 Å². The van der Waals surface area contributed by atoms with E-state index < -0.39 is 20.0 Å². The lowest BCUT2D eigenvalue weighted by atomic mass is 10.0. The van der Waals surface area contributed by atoms with Crippen molar-refractivity contribution in [3.63, 3.8) is 0 Å². The van der Waals surface area contributed by atoms with Crippen molar-refractivity contribution in [2.45, 2.75) is 206 Å². The van der Waals surface area contributed by atoms with E-state index in [9.17, 15) is 19.4 Å². The predicted molar refractivity (Wildman–Crippen MR) is 244 cm³/mol. The van der Waals surface area contributed by atoms with Crippen molar-refractivity contribution in [1.29, 1.82) is 0 Å². The van der Waals surface area contributed by atoms with Gasteiger partial charge in [-0.3, -0.25) is 13.8 Å². The van der Waals surface area contributed by atoms with Gasteiger partial charge in [-0.05, 0) is 70.6 Å². The Labute approximate surface area is 350 Å². The van der Waals surface area contributed by atoms with Crippen LogP contribution in [0.5, 0.6) is 0 Å². The van der Waals surface area contributed by atoms with Gasteiger partial charge in [0.15, 0.2) is 0 Å². The molecular formula is C48H87N2O6P. The van der Waals surface area contributed by atoms with Crippen LogP contribution in [0.4, 0.5) is 0 Å². The number of aliphatic hydroxyl groups excluding tert-OH is 1. The Morgan fingerprint density at radius 3 is 1.56 bits per heavy atom. The molecule has 5 N–H and O–H groups in total. The molecule has 0 heterocycles. The molecule has 330 valence electrons. The molecule has 0 saturated heterocycles. The van der Waals surface area contributed by atoms with Crippen molar-refractivity contribution in [3.05, 3.63) is 72.9 Å². The number of unbranched alkanes of at least 4 members (excludes halogenated alkanes) is 20. The van der Waals surface area contributed by atoms with Crippen LogP contribution in [-0.2, 0) is 18.4 Å². The molecular weight excluding hydrogens is 732 g/mol. The summed E-state index contributed by atoms with van der Waals surface area (Å²) in [7, 11) is -4.36. The van der Waals surface area contributed by atoms with Crippen molar-refractivity contribution in [2.24, 2.45) is 5.73 Å². The van der Waals surface area contributed by atoms with Gasteiger partial charge in [0.05, 0.1) is 25.4 Å². The zero-order valence-electron chi connectivity index (χ0n) is 36.6. The normalized spacial score (nSPS) is 14.7. The minimum Gasteiger partial charge on any atom is -0.387 e. The number of aliphatic hydroxyl groups is 1. The fourth-order valence-corrected chi connectivity index (χ4v) is 7.07. The van der Waals surface area contributed by atoms with Gasteiger partial charge in [-0.15, -0.1) is 0 Å². The summed E-state index contributed by atoms with van der Waals surface area (Å²) < 4.78 is 22.1. The maximum absolute atomic E-state index is 12.8. The van der Waals surface area contributed by atoms with E-state index in [-0.39, 0.29) is 25.7 Å². The van der Waals surface area contributed by atoms with E-state index in [1.165, 1.54) is 96.3 Å². The van der Waals surface area contributed by atoms with Gasteiger partial charge in [0.1, 0.15) is 0 Å². The third kappa shape index (κ3) is 41.9. The molecule has 0 aliphatic rings. The van der Waals surface area contributed by atoms with Crippen molar-refractivity contribution in [1.82, 2.24) is 5.32 Å². The number of hydrogen-bond donors (Lipinski definition) is 4. The molecule has 0 aromatic rings. The summed E-state index contributed by atoms with van der Waals surface area (Å²) in [6.45, 7) is 3.99. The number of allylic oxidation sites excluding steroid dienone is 11. The van der Waals surface area contributed by atoms with E-state index in [0.717, 1.165) is 77.0 Å². The van der Waals surface area contributed by atoms with Crippen molar-refractivity contribution in [3.8, 4) is 0 Å². The SMILES string of the molecule is CC/C=C\C/C=C\C/C=C\C/C=C\CCCCCCCCC(=O)NC(COP(=O)(O)OCCN)C(O)/C=C/CC/C=C/CCCCCCCCCCCCCCC. The third-order valence-corrected chi connectivity index (χ3v) is 10.8. The molecule has 0 radical (unpaired) electrons. The van der Waals surface area contributed by atoms with Crippen LogP contribution in [0.2, 0.25) is 0 Å². The van der Waals surface area contributed by atoms with Gasteiger partial charge in [0.2, 0.25) is 5.91 Å². The Kier molecular flexibility index (Phi) is 41.9. The molecule has 1 amide bonds. The molecule has 0 aromatic carbocycles. The molecule has 9 heteroatoms. The second-order valence-corrected chi connectivity index (χ2v) is 16.7. The second kappa shape index (κ2) is 43.5. The number of phosphoric ester groups is 1. The molecule has 0 aliphatic heterocycles. The van der Waals surface area contributed by atoms with E-state index in [2.05, 4.69) is 79.9 Å². The molecule has 0 rings (SSSR count). The summed E-state index contributed by atoms with van der Waals surface area (Å²) in [5.41, 5.74) is 5.38. The smallest absolute Gasteiger partial charge is 0.387 e. The summed E-state index contributed by atoms with van der Waals surface area (Å²) in [4.78, 5) is 22.7. The topological polar surface area (TPSA) is 131 Å². The zero-order chi connectivity index (χ0) is 41.8. The van der Waals surface area contributed by atoms with Crippen LogP contribution in [-0.4, -0.2) is 47.8 Å². The first kappa shape index (κ1) is 54.9. The van der Waals surface area contributed by atoms with Crippen LogP contribution in [0.25, 0.3) is 0 Å². The Hall–Kier alpha value is -2.06. The highest BCUT2D eigenvalue weighted by Crippen LogP contribution is 2.43. The lowest BCUT2D eigenvalue weighted by Crippen LogP contribution is -2.45. The summed E-state index contributed by atoms with van der Waals surface area (Å²) in [6.07, 6.45) is 56.7. The molecule has 0 aliphatic carbocycles. The van der Waals surface area contributed by atoms with Gasteiger partial charge >= 0.3 is 7.82 Å². The van der Waals surface area contributed by atoms with Gasteiger partial charge in [0.25, 0.3) is 0 Å². The summed E-state index contributed by atoms with van der Waals surface area (Å²) in [5, 5.41) is 13.7. The van der Waals surface area contributed by atoms with E-state index in [1.807, 2.05) is 6.08 Å². The van der Waals surface area contributed by atoms with Gasteiger partial charge in [0, 0.05) is 13.0 Å². The molecule has 0 saturated carbocycles. The standard InChI is InChI=1S/C48H87N2O6P/c1-3-5-7-9-11-13-15-17-19-21-23-25-27-29-31-33-35-37-39-41-47(51)46(45-56-57(53,54)55-44-43-49)50-48(52)42-40-38-36-34-32-30-28-26-24-22-20-18-16-14-12-10-8-6-4-2/h6,8,12,14,18,20,24,26,31,33,39,41,46-47,51H,3-5,7,9-11,13,15-17,19,21-23,25,27-30,32,34-38,40,42-45,49H2,1-2H3,(H,50,52)(H,53,54)/b8-6-,14-12-,20-18-,26-24-,33-31+,41-39+. The van der Waals surface area contributed by atoms with Gasteiger partial charge in [-0.2, -0.15) is 0 Å². The fraction of sp³-hybridized carbons (Fsp3) is 0.729. The molecule has 8 nitrogen and oxygen atoms in total. The molecule has 3 atom stereocenters. The summed E-state index contributed by atoms with van der Waals surface area (Å²) in [5.74, 6) is -0.220. The van der Waals surface area contributed by atoms with Crippen LogP contribution in [0, 0.1) is 0 Å². The molecule has 0 bridgehead atoms. The molecule has 0 fully saturated rings. The lowest BCUT2D eigenvalue weighted by molar-refractivity contribution is -0.123. The molecule has 0 spiro atoms. The van der Waals surface area contributed by atoms with Crippen molar-refractivity contribution < 1.29 is 28.4 Å². The van der Waals surface area contributed by atoms with Crippen LogP contribution >= 0.6 is 7.82 Å². The molecule has 57 heavy (non-hydrogen) atoms. The number of rotatable bonds is 42. The number of nitrogens with one attached hydrogen (secondary N) is 1. The quantitative estimate of drug-likeness (QED) is 0.0274. The highest BCUT2D eigenvalue weighted by Gasteiger charge is 2.26. The molecule has 0 aromatic heterocycles. The van der Waals surface area contributed by atoms with Crippen LogP contribution in [0.3, 0.4) is 0 Å². The fourth-order valence-electron chi connectivity index (χ4n) is 6.31. The van der Waals surface area contributed by atoms with E-state index >= 15 is 0 Å². The first-order valence-corrected chi connectivity index (χ1v) is 24.6. The zero-order valence-corrected chi connectivity index (χ0v) is 37.4. The van der Waals surface area contributed by atoms with Crippen LogP contribution in [0.1, 0.15) is 194 Å². The Balaban J connectivity index is 4.27. The highest BCUT2D eigenvalue weighted by molar-refractivity contribution is 7.47. The number of carbonyl (C=O) groups excluding carboxylic acids is 1. The lowest BCUT2D eigenvalue weighted by Gasteiger charge is -2.23. The monoisotopic (exact) mass is 819 g/mol. The van der Waals surface area contributed by atoms with Crippen molar-refractivity contribution >= 4 is 13.7 Å². The summed E-state index contributed by atoms with van der Waals surface area (Å²) >= 11 is 0. The van der Waals surface area contributed by atoms with Gasteiger partial charge in [-0.25, -0.2) is 4.57 Å². The minimum atomic E-state index is -4.36. The number of amides is 1. The predicted octanol–water partition coefficient (Wildman–Crippen LogP) is 13.2. The summed E-state index contributed by atoms with van der Waals surface area (Å²) in [6, 6.07) is -0.889.